The second kappa shape index (κ2) is 10.6. The predicted octanol–water partition coefficient (Wildman–Crippen LogP) is 3.33. The second-order valence-corrected chi connectivity index (χ2v) is 7.94. The van der Waals surface area contributed by atoms with Crippen molar-refractivity contribution in [2.24, 2.45) is 5.73 Å². The topological polar surface area (TPSA) is 58.4 Å². The number of hydrogen-bond donors (Lipinski definition) is 2. The SMILES string of the molecule is Cl.Cl.NC1(C(=O)Nc2ccc(CCN3CCSCC3)cc2)CCCC1. The first-order valence-electron chi connectivity index (χ1n) is 8.65. The molecule has 0 spiro atoms. The number of thioether (sulfide) groups is 1. The molecule has 4 nitrogen and oxygen atoms in total. The molecule has 0 bridgehead atoms. The molecule has 7 heteroatoms. The van der Waals surface area contributed by atoms with E-state index in [4.69, 9.17) is 5.73 Å². The van der Waals surface area contributed by atoms with Crippen molar-refractivity contribution < 1.29 is 4.79 Å². The molecule has 2 aliphatic rings. The van der Waals surface area contributed by atoms with Crippen LogP contribution in [-0.2, 0) is 11.2 Å². The molecule has 3 rings (SSSR count). The lowest BCUT2D eigenvalue weighted by molar-refractivity contribution is -0.121. The molecule has 1 aliphatic heterocycles. The van der Waals surface area contributed by atoms with Gasteiger partial charge in [-0.2, -0.15) is 11.8 Å². The Morgan fingerprint density at radius 1 is 1.12 bits per heavy atom. The monoisotopic (exact) mass is 405 g/mol. The number of halogens is 2. The fraction of sp³-hybridized carbons (Fsp3) is 0.611. The average molecular weight is 406 g/mol. The molecule has 142 valence electrons. The van der Waals surface area contributed by atoms with E-state index in [2.05, 4.69) is 22.3 Å². The van der Waals surface area contributed by atoms with E-state index in [-0.39, 0.29) is 30.7 Å². The Bertz CT molecular complexity index is 530. The Kier molecular flexibility index (Phi) is 9.60. The predicted molar refractivity (Wildman–Crippen MR) is 112 cm³/mol. The van der Waals surface area contributed by atoms with Crippen molar-refractivity contribution in [3.63, 3.8) is 0 Å². The first-order chi connectivity index (χ1) is 11.2. The quantitative estimate of drug-likeness (QED) is 0.788. The van der Waals surface area contributed by atoms with E-state index >= 15 is 0 Å². The van der Waals surface area contributed by atoms with Crippen LogP contribution in [0.3, 0.4) is 0 Å². The van der Waals surface area contributed by atoms with Crippen molar-refractivity contribution in [2.45, 2.75) is 37.6 Å². The zero-order valence-electron chi connectivity index (χ0n) is 14.5. The summed E-state index contributed by atoms with van der Waals surface area (Å²) in [5, 5.41) is 2.98. The van der Waals surface area contributed by atoms with E-state index in [0.717, 1.165) is 44.3 Å². The van der Waals surface area contributed by atoms with Gasteiger partial charge in [-0.15, -0.1) is 24.8 Å². The highest BCUT2D eigenvalue weighted by atomic mass is 35.5. The number of amides is 1. The van der Waals surface area contributed by atoms with Gasteiger partial charge in [0.05, 0.1) is 5.54 Å². The van der Waals surface area contributed by atoms with Gasteiger partial charge in [0.25, 0.3) is 0 Å². The van der Waals surface area contributed by atoms with Gasteiger partial charge in [-0.3, -0.25) is 4.79 Å². The minimum absolute atomic E-state index is 0. The summed E-state index contributed by atoms with van der Waals surface area (Å²) in [6.07, 6.45) is 4.77. The molecule has 0 aromatic heterocycles. The summed E-state index contributed by atoms with van der Waals surface area (Å²) in [7, 11) is 0. The van der Waals surface area contributed by atoms with Crippen LogP contribution in [0.2, 0.25) is 0 Å². The van der Waals surface area contributed by atoms with Crippen molar-refractivity contribution in [1.29, 1.82) is 0 Å². The van der Waals surface area contributed by atoms with Gasteiger partial charge in [0.15, 0.2) is 0 Å². The Balaban J connectivity index is 0.00000156. The zero-order valence-corrected chi connectivity index (χ0v) is 17.0. The van der Waals surface area contributed by atoms with Crippen LogP contribution < -0.4 is 11.1 Å². The molecule has 1 saturated carbocycles. The van der Waals surface area contributed by atoms with Gasteiger partial charge >= 0.3 is 0 Å². The number of carbonyl (C=O) groups is 1. The van der Waals surface area contributed by atoms with Gasteiger partial charge in [-0.05, 0) is 37.0 Å². The molecule has 0 unspecified atom stereocenters. The Labute approximate surface area is 167 Å². The molecule has 1 aromatic rings. The highest BCUT2D eigenvalue weighted by Crippen LogP contribution is 2.28. The summed E-state index contributed by atoms with van der Waals surface area (Å²) in [5.74, 6) is 2.48. The fourth-order valence-electron chi connectivity index (χ4n) is 3.36. The molecule has 1 saturated heterocycles. The summed E-state index contributed by atoms with van der Waals surface area (Å²) in [6, 6.07) is 8.23. The van der Waals surface area contributed by atoms with Crippen LogP contribution in [0.4, 0.5) is 5.69 Å². The molecule has 0 radical (unpaired) electrons. The van der Waals surface area contributed by atoms with E-state index in [1.165, 1.54) is 30.2 Å². The summed E-state index contributed by atoms with van der Waals surface area (Å²) in [6.45, 7) is 3.53. The van der Waals surface area contributed by atoms with E-state index in [9.17, 15) is 4.79 Å². The van der Waals surface area contributed by atoms with Gasteiger partial charge in [0.2, 0.25) is 5.91 Å². The maximum Gasteiger partial charge on any atom is 0.244 e. The van der Waals surface area contributed by atoms with Crippen molar-refractivity contribution in [3.8, 4) is 0 Å². The van der Waals surface area contributed by atoms with Crippen LogP contribution in [-0.4, -0.2) is 47.5 Å². The van der Waals surface area contributed by atoms with Crippen LogP contribution in [0.25, 0.3) is 0 Å². The lowest BCUT2D eigenvalue weighted by atomic mass is 9.98. The summed E-state index contributed by atoms with van der Waals surface area (Å²) in [4.78, 5) is 14.8. The van der Waals surface area contributed by atoms with Crippen molar-refractivity contribution in [2.75, 3.05) is 36.5 Å². The number of benzene rings is 1. The number of nitrogens with one attached hydrogen (secondary N) is 1. The lowest BCUT2D eigenvalue weighted by Gasteiger charge is -2.26. The van der Waals surface area contributed by atoms with Crippen LogP contribution in [0.15, 0.2) is 24.3 Å². The maximum absolute atomic E-state index is 12.3. The average Bonchev–Trinajstić information content (AvgIpc) is 3.03. The molecule has 1 heterocycles. The first-order valence-corrected chi connectivity index (χ1v) is 9.81. The smallest absolute Gasteiger partial charge is 0.244 e. The number of nitrogens with zero attached hydrogens (tertiary/aromatic N) is 1. The fourth-order valence-corrected chi connectivity index (χ4v) is 4.33. The number of rotatable bonds is 5. The lowest BCUT2D eigenvalue weighted by Crippen LogP contribution is -2.48. The highest BCUT2D eigenvalue weighted by Gasteiger charge is 2.36. The molecule has 3 N–H and O–H groups in total. The summed E-state index contributed by atoms with van der Waals surface area (Å²) < 4.78 is 0. The second-order valence-electron chi connectivity index (χ2n) is 6.72. The standard InChI is InChI=1S/C18H27N3OS.2ClH/c19-18(8-1-2-9-18)17(22)20-16-5-3-15(4-6-16)7-10-21-11-13-23-14-12-21;;/h3-6H,1-2,7-14,19H2,(H,20,22);2*1H. The third-order valence-corrected chi connectivity index (χ3v) is 5.92. The van der Waals surface area contributed by atoms with Crippen LogP contribution >= 0.6 is 36.6 Å². The minimum Gasteiger partial charge on any atom is -0.324 e. The van der Waals surface area contributed by atoms with Gasteiger partial charge in [0.1, 0.15) is 0 Å². The first kappa shape index (κ1) is 22.6. The number of carbonyl (C=O) groups excluding carboxylic acids is 1. The molecular formula is C18H29Cl2N3OS. The van der Waals surface area contributed by atoms with E-state index in [1.54, 1.807) is 0 Å². The van der Waals surface area contributed by atoms with Gasteiger partial charge in [-0.25, -0.2) is 0 Å². The molecule has 2 fully saturated rings. The van der Waals surface area contributed by atoms with Crippen molar-refractivity contribution >= 4 is 48.2 Å². The third kappa shape index (κ3) is 6.33. The largest absolute Gasteiger partial charge is 0.324 e. The van der Waals surface area contributed by atoms with Crippen molar-refractivity contribution in [3.05, 3.63) is 29.8 Å². The number of anilines is 1. The van der Waals surface area contributed by atoms with Gasteiger partial charge in [0, 0.05) is 36.8 Å². The molecule has 0 atom stereocenters. The zero-order chi connectivity index (χ0) is 16.1. The van der Waals surface area contributed by atoms with Crippen LogP contribution in [0.1, 0.15) is 31.2 Å². The van der Waals surface area contributed by atoms with E-state index < -0.39 is 5.54 Å². The summed E-state index contributed by atoms with van der Waals surface area (Å²) >= 11 is 2.05. The van der Waals surface area contributed by atoms with Crippen LogP contribution in [0.5, 0.6) is 0 Å². The number of hydrogen-bond acceptors (Lipinski definition) is 4. The van der Waals surface area contributed by atoms with E-state index in [0.29, 0.717) is 0 Å². The minimum atomic E-state index is -0.662. The molecule has 1 aliphatic carbocycles. The molecular weight excluding hydrogens is 377 g/mol. The highest BCUT2D eigenvalue weighted by molar-refractivity contribution is 7.99. The van der Waals surface area contributed by atoms with E-state index in [1.807, 2.05) is 23.9 Å². The summed E-state index contributed by atoms with van der Waals surface area (Å²) in [5.41, 5.74) is 7.70. The molecule has 25 heavy (non-hydrogen) atoms. The molecule has 1 aromatic carbocycles. The Morgan fingerprint density at radius 2 is 1.72 bits per heavy atom. The Hall–Kier alpha value is -0.460. The maximum atomic E-state index is 12.3. The number of nitrogens with two attached hydrogens (primary N) is 1. The van der Waals surface area contributed by atoms with Crippen LogP contribution in [0, 0.1) is 0 Å². The normalized spacial score (nSPS) is 19.6. The molecule has 1 amide bonds. The van der Waals surface area contributed by atoms with Gasteiger partial charge < -0.3 is 16.0 Å². The van der Waals surface area contributed by atoms with Crippen molar-refractivity contribution in [1.82, 2.24) is 4.90 Å². The Morgan fingerprint density at radius 3 is 2.32 bits per heavy atom. The third-order valence-electron chi connectivity index (χ3n) is 4.98. The van der Waals surface area contributed by atoms with Gasteiger partial charge in [-0.1, -0.05) is 25.0 Å².